The highest BCUT2D eigenvalue weighted by Crippen LogP contribution is 2.25. The van der Waals surface area contributed by atoms with Gasteiger partial charge < -0.3 is 10.2 Å². The van der Waals surface area contributed by atoms with E-state index in [-0.39, 0.29) is 12.4 Å². The van der Waals surface area contributed by atoms with Crippen molar-refractivity contribution in [2.45, 2.75) is 6.54 Å². The Morgan fingerprint density at radius 2 is 2.14 bits per heavy atom. The minimum Gasteiger partial charge on any atom is -0.508 e. The standard InChI is InChI=1S/C10H14ClNO2/c1-12(5-6-13)7-8-9(11)3-2-4-10(8)14/h2-4,13-14H,5-7H2,1H3. The average Bonchev–Trinajstić information content (AvgIpc) is 2.12. The van der Waals surface area contributed by atoms with Crippen molar-refractivity contribution in [3.8, 4) is 5.75 Å². The molecule has 3 nitrogen and oxygen atoms in total. The van der Waals surface area contributed by atoms with E-state index in [1.54, 1.807) is 18.2 Å². The fourth-order valence-corrected chi connectivity index (χ4v) is 1.45. The molecule has 0 unspecified atom stereocenters. The van der Waals surface area contributed by atoms with Crippen LogP contribution in [0.3, 0.4) is 0 Å². The third kappa shape index (κ3) is 2.87. The largest absolute Gasteiger partial charge is 0.508 e. The van der Waals surface area contributed by atoms with E-state index in [0.717, 1.165) is 0 Å². The Kier molecular flexibility index (Phi) is 4.20. The summed E-state index contributed by atoms with van der Waals surface area (Å²) in [5, 5.41) is 18.8. The second kappa shape index (κ2) is 5.20. The number of nitrogens with zero attached hydrogens (tertiary/aromatic N) is 1. The van der Waals surface area contributed by atoms with Gasteiger partial charge in [-0.2, -0.15) is 0 Å². The zero-order valence-corrected chi connectivity index (χ0v) is 8.83. The first-order chi connectivity index (χ1) is 6.65. The molecular weight excluding hydrogens is 202 g/mol. The molecule has 4 heteroatoms. The molecule has 0 heterocycles. The fourth-order valence-electron chi connectivity index (χ4n) is 1.22. The molecule has 0 saturated carbocycles. The van der Waals surface area contributed by atoms with Gasteiger partial charge >= 0.3 is 0 Å². The van der Waals surface area contributed by atoms with Gasteiger partial charge in [0.15, 0.2) is 0 Å². The number of benzene rings is 1. The third-order valence-corrected chi connectivity index (χ3v) is 2.36. The van der Waals surface area contributed by atoms with Gasteiger partial charge in [0.05, 0.1) is 6.61 Å². The first kappa shape index (κ1) is 11.3. The van der Waals surface area contributed by atoms with Gasteiger partial charge in [0, 0.05) is 23.7 Å². The number of phenols is 1. The molecule has 0 bridgehead atoms. The normalized spacial score (nSPS) is 10.9. The maximum atomic E-state index is 9.53. The molecule has 78 valence electrons. The van der Waals surface area contributed by atoms with Crippen molar-refractivity contribution in [1.29, 1.82) is 0 Å². The summed E-state index contributed by atoms with van der Waals surface area (Å²) in [4.78, 5) is 1.89. The van der Waals surface area contributed by atoms with Crippen molar-refractivity contribution >= 4 is 11.6 Å². The number of likely N-dealkylation sites (N-methyl/N-ethyl adjacent to an activating group) is 1. The molecule has 2 N–H and O–H groups in total. The molecule has 0 fully saturated rings. The van der Waals surface area contributed by atoms with Crippen molar-refractivity contribution < 1.29 is 10.2 Å². The number of aliphatic hydroxyl groups is 1. The second-order valence-corrected chi connectivity index (χ2v) is 3.61. The Balaban J connectivity index is 2.75. The van der Waals surface area contributed by atoms with E-state index in [0.29, 0.717) is 23.7 Å². The molecule has 0 amide bonds. The van der Waals surface area contributed by atoms with E-state index < -0.39 is 0 Å². The molecule has 0 radical (unpaired) electrons. The van der Waals surface area contributed by atoms with E-state index in [2.05, 4.69) is 0 Å². The molecule has 1 aromatic carbocycles. The molecule has 0 aliphatic heterocycles. The monoisotopic (exact) mass is 215 g/mol. The summed E-state index contributed by atoms with van der Waals surface area (Å²) in [5.74, 6) is 0.197. The maximum absolute atomic E-state index is 9.53. The number of aromatic hydroxyl groups is 1. The van der Waals surface area contributed by atoms with Crippen molar-refractivity contribution in [3.05, 3.63) is 28.8 Å². The van der Waals surface area contributed by atoms with Crippen LogP contribution in [0.15, 0.2) is 18.2 Å². The van der Waals surface area contributed by atoms with Crippen LogP contribution >= 0.6 is 11.6 Å². The Hall–Kier alpha value is -0.770. The summed E-state index contributed by atoms with van der Waals surface area (Å²) in [7, 11) is 1.86. The molecule has 0 aliphatic rings. The lowest BCUT2D eigenvalue weighted by molar-refractivity contribution is 0.216. The van der Waals surface area contributed by atoms with Crippen LogP contribution in [0.1, 0.15) is 5.56 Å². The van der Waals surface area contributed by atoms with E-state index in [1.807, 2.05) is 11.9 Å². The van der Waals surface area contributed by atoms with Gasteiger partial charge in [-0.15, -0.1) is 0 Å². The van der Waals surface area contributed by atoms with Crippen molar-refractivity contribution in [1.82, 2.24) is 4.90 Å². The predicted octanol–water partition coefficient (Wildman–Crippen LogP) is 1.47. The molecule has 0 atom stereocenters. The zero-order valence-electron chi connectivity index (χ0n) is 8.07. The quantitative estimate of drug-likeness (QED) is 0.800. The van der Waals surface area contributed by atoms with Gasteiger partial charge in [-0.1, -0.05) is 17.7 Å². The first-order valence-corrected chi connectivity index (χ1v) is 4.78. The lowest BCUT2D eigenvalue weighted by atomic mass is 10.2. The van der Waals surface area contributed by atoms with Crippen LogP contribution in [0.2, 0.25) is 5.02 Å². The third-order valence-electron chi connectivity index (χ3n) is 2.00. The molecule has 0 aromatic heterocycles. The molecule has 1 rings (SSSR count). The Labute approximate surface area is 88.5 Å². The van der Waals surface area contributed by atoms with E-state index in [1.165, 1.54) is 0 Å². The summed E-state index contributed by atoms with van der Waals surface area (Å²) in [6.07, 6.45) is 0. The highest BCUT2D eigenvalue weighted by molar-refractivity contribution is 6.31. The van der Waals surface area contributed by atoms with Crippen LogP contribution in [0, 0.1) is 0 Å². The van der Waals surface area contributed by atoms with Crippen LogP contribution in [-0.2, 0) is 6.54 Å². The SMILES string of the molecule is CN(CCO)Cc1c(O)cccc1Cl. The molecular formula is C10H14ClNO2. The summed E-state index contributed by atoms with van der Waals surface area (Å²) < 4.78 is 0. The molecule has 0 saturated heterocycles. The van der Waals surface area contributed by atoms with Gasteiger partial charge in [-0.25, -0.2) is 0 Å². The van der Waals surface area contributed by atoms with Gasteiger partial charge in [-0.3, -0.25) is 4.90 Å². The summed E-state index contributed by atoms with van der Waals surface area (Å²) in [5.41, 5.74) is 0.699. The highest BCUT2D eigenvalue weighted by atomic mass is 35.5. The fraction of sp³-hybridized carbons (Fsp3) is 0.400. The van der Waals surface area contributed by atoms with Crippen LogP contribution in [0.4, 0.5) is 0 Å². The average molecular weight is 216 g/mol. The molecule has 0 aliphatic carbocycles. The van der Waals surface area contributed by atoms with Crippen molar-refractivity contribution in [3.63, 3.8) is 0 Å². The van der Waals surface area contributed by atoms with Gasteiger partial charge in [0.1, 0.15) is 5.75 Å². The first-order valence-electron chi connectivity index (χ1n) is 4.41. The number of aliphatic hydroxyl groups excluding tert-OH is 1. The topological polar surface area (TPSA) is 43.7 Å². The summed E-state index contributed by atoms with van der Waals surface area (Å²) >= 11 is 5.92. The maximum Gasteiger partial charge on any atom is 0.121 e. The van der Waals surface area contributed by atoms with Gasteiger partial charge in [0.25, 0.3) is 0 Å². The molecule has 0 spiro atoms. The van der Waals surface area contributed by atoms with Gasteiger partial charge in [-0.05, 0) is 19.2 Å². The molecule has 14 heavy (non-hydrogen) atoms. The Morgan fingerprint density at radius 3 is 2.71 bits per heavy atom. The van der Waals surface area contributed by atoms with Crippen LogP contribution in [-0.4, -0.2) is 35.3 Å². The van der Waals surface area contributed by atoms with E-state index in [9.17, 15) is 5.11 Å². The number of hydrogen-bond donors (Lipinski definition) is 2. The van der Waals surface area contributed by atoms with Crippen LogP contribution < -0.4 is 0 Å². The zero-order chi connectivity index (χ0) is 10.6. The number of phenolic OH excluding ortho intramolecular Hbond substituents is 1. The number of halogens is 1. The van der Waals surface area contributed by atoms with Crippen LogP contribution in [0.25, 0.3) is 0 Å². The Morgan fingerprint density at radius 1 is 1.43 bits per heavy atom. The van der Waals surface area contributed by atoms with Crippen molar-refractivity contribution in [2.24, 2.45) is 0 Å². The van der Waals surface area contributed by atoms with Gasteiger partial charge in [0.2, 0.25) is 0 Å². The highest BCUT2D eigenvalue weighted by Gasteiger charge is 2.08. The van der Waals surface area contributed by atoms with Crippen LogP contribution in [0.5, 0.6) is 5.75 Å². The minimum atomic E-state index is 0.0989. The van der Waals surface area contributed by atoms with E-state index in [4.69, 9.17) is 16.7 Å². The predicted molar refractivity (Wildman–Crippen MR) is 56.5 cm³/mol. The van der Waals surface area contributed by atoms with Crippen molar-refractivity contribution in [2.75, 3.05) is 20.2 Å². The van der Waals surface area contributed by atoms with E-state index >= 15 is 0 Å². The Bertz CT molecular complexity index is 284. The minimum absolute atomic E-state index is 0.0989. The number of rotatable bonds is 4. The number of hydrogen-bond acceptors (Lipinski definition) is 3. The molecule has 1 aromatic rings. The summed E-state index contributed by atoms with van der Waals surface area (Å²) in [6, 6.07) is 5.05. The second-order valence-electron chi connectivity index (χ2n) is 3.20. The smallest absolute Gasteiger partial charge is 0.121 e. The lowest BCUT2D eigenvalue weighted by Gasteiger charge is -2.16. The lowest BCUT2D eigenvalue weighted by Crippen LogP contribution is -2.21. The summed E-state index contributed by atoms with van der Waals surface area (Å²) in [6.45, 7) is 1.19.